The van der Waals surface area contributed by atoms with Crippen LogP contribution in [0.25, 0.3) is 0 Å². The molecule has 2 saturated carbocycles. The van der Waals surface area contributed by atoms with E-state index >= 15 is 0 Å². The van der Waals surface area contributed by atoms with E-state index in [1.807, 2.05) is 4.90 Å². The number of hydrogen-bond acceptors (Lipinski definition) is 10. The van der Waals surface area contributed by atoms with E-state index in [1.165, 1.54) is 11.0 Å². The van der Waals surface area contributed by atoms with Crippen LogP contribution >= 0.6 is 0 Å². The van der Waals surface area contributed by atoms with Crippen LogP contribution in [0, 0.1) is 23.7 Å². The molecular weight excluding hydrogens is 582 g/mol. The largest absolute Gasteiger partial charge is 0.377 e. The number of nitrogens with two attached hydrogens (primary N) is 2. The standard InChI is InChI=1S/C31H41N7O7/c1-36(2)20-13-16(35-21(39)14-34-30(33)38-8-6-5-7-9-38)12-18-17(20)10-15-11-19-24(37(3)4)26(41)23(29(32)44)28(43)31(19,45)27(42)22(15)25(18)40/h12-13,15,19,22-24,45H,5-11,14H2,1-4H3,(H2,32,44)(H2,33,34)(H,35,39)/t15?,19?,22?,23?,24-,31-/m0/s1. The lowest BCUT2D eigenvalue weighted by molar-refractivity contribution is -0.181. The van der Waals surface area contributed by atoms with Crippen molar-refractivity contribution in [3.63, 3.8) is 0 Å². The molecule has 3 aliphatic carbocycles. The van der Waals surface area contributed by atoms with Crippen LogP contribution in [-0.4, -0.2) is 115 Å². The SMILES string of the molecule is CN(C)c1cc(NC(=O)CN=C(N)N2CCCCC2)cc2c1CC1CC3[C@H](N(C)C)C(=O)C(C(N)=O)C(=O)[C@@]3(O)C(=O)C1C2=O. The van der Waals surface area contributed by atoms with Crippen molar-refractivity contribution < 1.29 is 33.9 Å². The fourth-order valence-electron chi connectivity index (χ4n) is 7.63. The molecular formula is C31H41N7O7. The molecule has 45 heavy (non-hydrogen) atoms. The van der Waals surface area contributed by atoms with Gasteiger partial charge in [-0.2, -0.15) is 0 Å². The van der Waals surface area contributed by atoms with Crippen LogP contribution in [0.1, 0.15) is 41.6 Å². The summed E-state index contributed by atoms with van der Waals surface area (Å²) in [5.74, 6) is -10.2. The van der Waals surface area contributed by atoms with Crippen molar-refractivity contribution in [2.45, 2.75) is 43.7 Å². The Morgan fingerprint density at radius 1 is 1.04 bits per heavy atom. The number of ketones is 4. The molecule has 5 rings (SSSR count). The number of amides is 2. The maximum absolute atomic E-state index is 14.1. The highest BCUT2D eigenvalue weighted by atomic mass is 16.3. The number of carbonyl (C=O) groups is 6. The van der Waals surface area contributed by atoms with Crippen molar-refractivity contribution in [2.24, 2.45) is 40.1 Å². The number of likely N-dealkylation sites (tertiary alicyclic amines) is 1. The summed E-state index contributed by atoms with van der Waals surface area (Å²) in [5.41, 5.74) is 10.5. The second kappa shape index (κ2) is 12.0. The molecule has 14 heteroatoms. The van der Waals surface area contributed by atoms with Crippen LogP contribution < -0.4 is 21.7 Å². The Bertz CT molecular complexity index is 1500. The minimum absolute atomic E-state index is 0.0195. The molecule has 0 aromatic heterocycles. The lowest BCUT2D eigenvalue weighted by Crippen LogP contribution is -2.74. The van der Waals surface area contributed by atoms with Crippen LogP contribution in [0.4, 0.5) is 11.4 Å². The molecule has 1 heterocycles. The number of aliphatic imine (C=N–C) groups is 1. The first-order chi connectivity index (χ1) is 21.2. The van der Waals surface area contributed by atoms with Gasteiger partial charge in [0.25, 0.3) is 0 Å². The van der Waals surface area contributed by atoms with Gasteiger partial charge in [0, 0.05) is 50.0 Å². The first-order valence-electron chi connectivity index (χ1n) is 15.2. The van der Waals surface area contributed by atoms with Crippen LogP contribution in [0.2, 0.25) is 0 Å². The van der Waals surface area contributed by atoms with Gasteiger partial charge in [0.1, 0.15) is 6.54 Å². The number of hydrogen-bond donors (Lipinski definition) is 4. The van der Waals surface area contributed by atoms with Gasteiger partial charge < -0.3 is 31.7 Å². The van der Waals surface area contributed by atoms with E-state index < -0.39 is 70.3 Å². The molecule has 6 N–H and O–H groups in total. The van der Waals surface area contributed by atoms with Crippen LogP contribution in [-0.2, 0) is 30.4 Å². The van der Waals surface area contributed by atoms with Gasteiger partial charge in [-0.15, -0.1) is 0 Å². The molecule has 4 aliphatic rings. The molecule has 1 aliphatic heterocycles. The van der Waals surface area contributed by atoms with E-state index in [-0.39, 0.29) is 24.9 Å². The monoisotopic (exact) mass is 623 g/mol. The Morgan fingerprint density at radius 2 is 1.71 bits per heavy atom. The second-order valence-corrected chi connectivity index (χ2v) is 13.0. The van der Waals surface area contributed by atoms with Gasteiger partial charge in [0.15, 0.2) is 40.6 Å². The van der Waals surface area contributed by atoms with Crippen LogP contribution in [0.15, 0.2) is 17.1 Å². The number of guanidine groups is 1. The first kappa shape index (κ1) is 32.2. The average molecular weight is 624 g/mol. The number of aliphatic hydroxyl groups is 1. The number of nitrogens with zero attached hydrogens (tertiary/aromatic N) is 4. The van der Waals surface area contributed by atoms with E-state index in [0.717, 1.165) is 32.4 Å². The molecule has 4 unspecified atom stereocenters. The molecule has 0 radical (unpaired) electrons. The van der Waals surface area contributed by atoms with Crippen LogP contribution in [0.3, 0.4) is 0 Å². The van der Waals surface area contributed by atoms with Crippen molar-refractivity contribution in [1.82, 2.24) is 9.80 Å². The zero-order valence-corrected chi connectivity index (χ0v) is 26.0. The number of anilines is 2. The molecule has 1 aromatic carbocycles. The third kappa shape index (κ3) is 5.39. The van der Waals surface area contributed by atoms with Crippen molar-refractivity contribution in [1.29, 1.82) is 0 Å². The summed E-state index contributed by atoms with van der Waals surface area (Å²) in [4.78, 5) is 89.4. The summed E-state index contributed by atoms with van der Waals surface area (Å²) in [6, 6.07) is 2.08. The highest BCUT2D eigenvalue weighted by Crippen LogP contribution is 2.51. The van der Waals surface area contributed by atoms with Gasteiger partial charge in [0.2, 0.25) is 11.8 Å². The number of piperidine rings is 1. The number of benzene rings is 1. The Kier molecular flexibility index (Phi) is 8.57. The van der Waals surface area contributed by atoms with Gasteiger partial charge in [-0.3, -0.25) is 33.7 Å². The average Bonchev–Trinajstić information content (AvgIpc) is 2.98. The summed E-state index contributed by atoms with van der Waals surface area (Å²) < 4.78 is 0. The van der Waals surface area contributed by atoms with E-state index in [1.54, 1.807) is 39.2 Å². The zero-order valence-electron chi connectivity index (χ0n) is 26.0. The van der Waals surface area contributed by atoms with Crippen LogP contribution in [0.5, 0.6) is 0 Å². The quantitative estimate of drug-likeness (QED) is 0.171. The van der Waals surface area contributed by atoms with Gasteiger partial charge in [-0.25, -0.2) is 4.99 Å². The number of rotatable bonds is 6. The number of nitrogens with one attached hydrogen (secondary N) is 1. The molecule has 242 valence electrons. The first-order valence-corrected chi connectivity index (χ1v) is 15.2. The fraction of sp³-hybridized carbons (Fsp3) is 0.581. The number of carbonyl (C=O) groups excluding carboxylic acids is 6. The van der Waals surface area contributed by atoms with E-state index in [0.29, 0.717) is 22.9 Å². The summed E-state index contributed by atoms with van der Waals surface area (Å²) in [7, 11) is 6.69. The molecule has 1 saturated heterocycles. The molecule has 14 nitrogen and oxygen atoms in total. The summed E-state index contributed by atoms with van der Waals surface area (Å²) in [6.07, 6.45) is 3.42. The topological polar surface area (TPSA) is 209 Å². The van der Waals surface area contributed by atoms with E-state index in [4.69, 9.17) is 11.5 Å². The Hall–Kier alpha value is -4.17. The molecule has 0 spiro atoms. The maximum atomic E-state index is 14.1. The predicted octanol–water partition coefficient (Wildman–Crippen LogP) is -1.03. The molecule has 3 fully saturated rings. The van der Waals surface area contributed by atoms with Crippen molar-refractivity contribution in [3.05, 3.63) is 23.3 Å². The molecule has 6 atom stereocenters. The van der Waals surface area contributed by atoms with Gasteiger partial charge in [-0.05, 0) is 69.8 Å². The van der Waals surface area contributed by atoms with Gasteiger partial charge >= 0.3 is 0 Å². The number of fused-ring (bicyclic) bond motifs is 3. The molecule has 0 bridgehead atoms. The molecule has 2 amide bonds. The third-order valence-corrected chi connectivity index (χ3v) is 9.73. The van der Waals surface area contributed by atoms with Crippen molar-refractivity contribution in [2.75, 3.05) is 58.0 Å². The van der Waals surface area contributed by atoms with E-state index in [2.05, 4.69) is 10.3 Å². The minimum atomic E-state index is -2.74. The highest BCUT2D eigenvalue weighted by Gasteiger charge is 2.69. The summed E-state index contributed by atoms with van der Waals surface area (Å²) in [5, 5.41) is 14.5. The number of Topliss-reactive ketones (excluding diaryl/α,β-unsaturated/α-hetero) is 4. The zero-order chi connectivity index (χ0) is 33.0. The Balaban J connectivity index is 1.47. The summed E-state index contributed by atoms with van der Waals surface area (Å²) in [6.45, 7) is 1.35. The lowest BCUT2D eigenvalue weighted by atomic mass is 9.52. The third-order valence-electron chi connectivity index (χ3n) is 9.73. The van der Waals surface area contributed by atoms with Crippen molar-refractivity contribution >= 4 is 52.3 Å². The second-order valence-electron chi connectivity index (χ2n) is 13.0. The maximum Gasteiger partial charge on any atom is 0.246 e. The highest BCUT2D eigenvalue weighted by molar-refractivity contribution is 6.32. The fourth-order valence-corrected chi connectivity index (χ4v) is 7.63. The Morgan fingerprint density at radius 3 is 2.31 bits per heavy atom. The minimum Gasteiger partial charge on any atom is -0.377 e. The predicted molar refractivity (Wildman–Crippen MR) is 165 cm³/mol. The van der Waals surface area contributed by atoms with E-state index in [9.17, 15) is 33.9 Å². The Labute approximate surface area is 261 Å². The summed E-state index contributed by atoms with van der Waals surface area (Å²) >= 11 is 0. The number of likely N-dealkylation sites (N-methyl/N-ethyl adjacent to an activating group) is 1. The lowest BCUT2D eigenvalue weighted by Gasteiger charge is -2.52. The smallest absolute Gasteiger partial charge is 0.246 e. The van der Waals surface area contributed by atoms with Crippen molar-refractivity contribution in [3.8, 4) is 0 Å². The van der Waals surface area contributed by atoms with Gasteiger partial charge in [0.05, 0.1) is 12.0 Å². The molecule has 1 aromatic rings. The van der Waals surface area contributed by atoms with Gasteiger partial charge in [-0.1, -0.05) is 0 Å². The number of primary amides is 1. The normalized spacial score (nSPS) is 30.0.